The van der Waals surface area contributed by atoms with Gasteiger partial charge in [0.25, 0.3) is 0 Å². The third-order valence-corrected chi connectivity index (χ3v) is 12.5. The normalized spacial score (nSPS) is 11.8. The summed E-state index contributed by atoms with van der Waals surface area (Å²) in [6.07, 6.45) is 3.68. The zero-order valence-electron chi connectivity index (χ0n) is 34.4. The summed E-state index contributed by atoms with van der Waals surface area (Å²) in [5.41, 5.74) is 14.4. The molecule has 0 N–H and O–H groups in total. The Morgan fingerprint density at radius 2 is 0.750 bits per heavy atom. The fraction of sp³-hybridized carbons (Fsp3) is 0. The molecule has 13 rings (SSSR count). The molecule has 5 nitrogen and oxygen atoms in total. The number of hydrogen-bond acceptors (Lipinski definition) is 5. The van der Waals surface area contributed by atoms with Gasteiger partial charge in [0, 0.05) is 56.2 Å². The molecule has 0 amide bonds. The van der Waals surface area contributed by atoms with Crippen LogP contribution in [0.2, 0.25) is 0 Å². The average Bonchev–Trinajstić information content (AvgIpc) is 3.91. The molecule has 13 aromatic rings. The minimum atomic E-state index is 0.645. The third kappa shape index (κ3) is 6.21. The van der Waals surface area contributed by atoms with E-state index in [0.29, 0.717) is 5.82 Å². The van der Waals surface area contributed by atoms with Crippen LogP contribution in [0.15, 0.2) is 221 Å². The van der Waals surface area contributed by atoms with Crippen molar-refractivity contribution in [2.24, 2.45) is 0 Å². The van der Waals surface area contributed by atoms with Crippen molar-refractivity contribution >= 4 is 65.4 Å². The summed E-state index contributed by atoms with van der Waals surface area (Å²) in [6.45, 7) is 0. The lowest BCUT2D eigenvalue weighted by Crippen LogP contribution is -1.97. The molecule has 0 saturated heterocycles. The molecule has 5 heteroatoms. The lowest BCUT2D eigenvalue weighted by atomic mass is 9.93. The molecule has 64 heavy (non-hydrogen) atoms. The van der Waals surface area contributed by atoms with Crippen molar-refractivity contribution in [2.45, 2.75) is 0 Å². The third-order valence-electron chi connectivity index (χ3n) is 12.5. The van der Waals surface area contributed by atoms with Gasteiger partial charge in [-0.1, -0.05) is 115 Å². The lowest BCUT2D eigenvalue weighted by Gasteiger charge is -2.14. The topological polar surface area (TPSA) is 65.0 Å². The minimum absolute atomic E-state index is 0.645. The molecule has 4 aromatic heterocycles. The Kier molecular flexibility index (Phi) is 8.15. The highest BCUT2D eigenvalue weighted by molar-refractivity contribution is 6.12. The van der Waals surface area contributed by atoms with Crippen molar-refractivity contribution in [3.63, 3.8) is 0 Å². The number of pyridine rings is 1. The first-order valence-corrected chi connectivity index (χ1v) is 21.5. The quantitative estimate of drug-likeness (QED) is 0.167. The molecule has 0 aliphatic heterocycles. The van der Waals surface area contributed by atoms with Gasteiger partial charge < -0.3 is 8.83 Å². The molecule has 0 atom stereocenters. The molecular weight excluding hydrogens is 783 g/mol. The van der Waals surface area contributed by atoms with E-state index in [-0.39, 0.29) is 0 Å². The first kappa shape index (κ1) is 36.0. The van der Waals surface area contributed by atoms with Crippen molar-refractivity contribution in [1.82, 2.24) is 15.0 Å². The molecule has 0 saturated carbocycles. The molecule has 0 radical (unpaired) electrons. The van der Waals surface area contributed by atoms with Gasteiger partial charge in [0.05, 0.1) is 11.4 Å². The fourth-order valence-electron chi connectivity index (χ4n) is 9.24. The van der Waals surface area contributed by atoms with Gasteiger partial charge in [-0.25, -0.2) is 9.97 Å². The average molecular weight is 818 g/mol. The van der Waals surface area contributed by atoms with E-state index in [2.05, 4.69) is 193 Å². The predicted octanol–water partition coefficient (Wildman–Crippen LogP) is 16.0. The Morgan fingerprint density at radius 1 is 0.281 bits per heavy atom. The first-order valence-electron chi connectivity index (χ1n) is 21.5. The number of furan rings is 2. The molecule has 0 unspecified atom stereocenters. The van der Waals surface area contributed by atoms with Crippen molar-refractivity contribution < 1.29 is 8.83 Å². The second-order valence-electron chi connectivity index (χ2n) is 16.5. The van der Waals surface area contributed by atoms with Gasteiger partial charge in [0.1, 0.15) is 22.3 Å². The van der Waals surface area contributed by atoms with Gasteiger partial charge in [-0.2, -0.15) is 0 Å². The van der Waals surface area contributed by atoms with Gasteiger partial charge in [0.2, 0.25) is 0 Å². The number of hydrogen-bond donors (Lipinski definition) is 0. The Morgan fingerprint density at radius 3 is 1.34 bits per heavy atom. The SMILES string of the molecule is c1ccc(-c2cc(-c3cc(-c4ccc5oc6cc7ccccc7cc6c5c4)cc(-c4ccc5oc6cc7ccccc7cc6c5c4)c3)nc(-c3cccc(-c4cccnc4)c3)n2)cc1. The largest absolute Gasteiger partial charge is 0.456 e. The number of rotatable bonds is 6. The summed E-state index contributed by atoms with van der Waals surface area (Å²) < 4.78 is 12.9. The summed E-state index contributed by atoms with van der Waals surface area (Å²) in [5.74, 6) is 0.645. The van der Waals surface area contributed by atoms with Crippen molar-refractivity contribution in [1.29, 1.82) is 0 Å². The van der Waals surface area contributed by atoms with Crippen LogP contribution in [-0.2, 0) is 0 Å². The van der Waals surface area contributed by atoms with Crippen molar-refractivity contribution in [2.75, 3.05) is 0 Å². The van der Waals surface area contributed by atoms with Crippen LogP contribution in [0.25, 0.3) is 133 Å². The molecular formula is C59H35N3O2. The highest BCUT2D eigenvalue weighted by atomic mass is 16.3. The minimum Gasteiger partial charge on any atom is -0.456 e. The van der Waals surface area contributed by atoms with E-state index >= 15 is 0 Å². The van der Waals surface area contributed by atoms with E-state index in [0.717, 1.165) is 116 Å². The molecule has 0 aliphatic carbocycles. The van der Waals surface area contributed by atoms with Gasteiger partial charge in [0.15, 0.2) is 5.82 Å². The Hall–Kier alpha value is -8.67. The van der Waals surface area contributed by atoms with E-state index in [1.54, 1.807) is 6.20 Å². The van der Waals surface area contributed by atoms with Gasteiger partial charge in [-0.15, -0.1) is 0 Å². The van der Waals surface area contributed by atoms with E-state index < -0.39 is 0 Å². The predicted molar refractivity (Wildman–Crippen MR) is 262 cm³/mol. The van der Waals surface area contributed by atoms with Gasteiger partial charge >= 0.3 is 0 Å². The summed E-state index contributed by atoms with van der Waals surface area (Å²) in [6, 6.07) is 70.4. The molecule has 0 aliphatic rings. The van der Waals surface area contributed by atoms with Gasteiger partial charge in [-0.05, 0) is 134 Å². The number of fused-ring (bicyclic) bond motifs is 8. The van der Waals surface area contributed by atoms with Crippen LogP contribution in [0.4, 0.5) is 0 Å². The summed E-state index contributed by atoms with van der Waals surface area (Å²) in [4.78, 5) is 15.0. The van der Waals surface area contributed by atoms with Crippen LogP contribution in [0.3, 0.4) is 0 Å². The standard InChI is InChI=1S/C59H35N3O2/c1-2-10-36(11-3-1)53-34-54(62-59(61-53)44-17-8-16-37(24-44)45-18-9-23-60-35-45)48-26-46(42-19-21-55-49(30-42)51-28-38-12-4-6-14-40(38)32-57(51)63-55)25-47(27-48)43-20-22-56-50(31-43)52-29-39-13-5-7-15-41(39)33-58(52)64-56/h1-35H. The zero-order chi connectivity index (χ0) is 42.1. The first-order chi connectivity index (χ1) is 31.6. The van der Waals surface area contributed by atoms with Gasteiger partial charge in [-0.3, -0.25) is 4.98 Å². The van der Waals surface area contributed by atoms with Crippen LogP contribution in [0.5, 0.6) is 0 Å². The van der Waals surface area contributed by atoms with Crippen LogP contribution >= 0.6 is 0 Å². The molecule has 0 spiro atoms. The summed E-state index contributed by atoms with van der Waals surface area (Å²) >= 11 is 0. The zero-order valence-corrected chi connectivity index (χ0v) is 34.4. The maximum Gasteiger partial charge on any atom is 0.160 e. The lowest BCUT2D eigenvalue weighted by molar-refractivity contribution is 0.669. The second kappa shape index (κ2) is 14.5. The molecule has 0 bridgehead atoms. The molecule has 9 aromatic carbocycles. The Balaban J connectivity index is 1.03. The molecule has 298 valence electrons. The summed E-state index contributed by atoms with van der Waals surface area (Å²) in [7, 11) is 0. The van der Waals surface area contributed by atoms with Crippen LogP contribution in [-0.4, -0.2) is 15.0 Å². The maximum absolute atomic E-state index is 6.45. The molecule has 4 heterocycles. The second-order valence-corrected chi connectivity index (χ2v) is 16.5. The number of benzene rings is 9. The van der Waals surface area contributed by atoms with Crippen LogP contribution in [0, 0.1) is 0 Å². The van der Waals surface area contributed by atoms with E-state index in [1.807, 2.05) is 18.3 Å². The Labute approximate surface area is 367 Å². The smallest absolute Gasteiger partial charge is 0.160 e. The van der Waals surface area contributed by atoms with Crippen LogP contribution < -0.4 is 0 Å². The monoisotopic (exact) mass is 817 g/mol. The fourth-order valence-corrected chi connectivity index (χ4v) is 9.24. The highest BCUT2D eigenvalue weighted by Crippen LogP contribution is 2.41. The van der Waals surface area contributed by atoms with E-state index in [4.69, 9.17) is 18.8 Å². The number of nitrogens with zero attached hydrogens (tertiary/aromatic N) is 3. The van der Waals surface area contributed by atoms with Crippen molar-refractivity contribution in [3.05, 3.63) is 213 Å². The van der Waals surface area contributed by atoms with E-state index in [9.17, 15) is 0 Å². The molecule has 0 fully saturated rings. The van der Waals surface area contributed by atoms with Crippen molar-refractivity contribution in [3.8, 4) is 67.3 Å². The highest BCUT2D eigenvalue weighted by Gasteiger charge is 2.17. The van der Waals surface area contributed by atoms with E-state index in [1.165, 1.54) is 10.8 Å². The Bertz CT molecular complexity index is 3790. The number of aromatic nitrogens is 3. The summed E-state index contributed by atoms with van der Waals surface area (Å²) in [5, 5.41) is 9.02. The van der Waals surface area contributed by atoms with Crippen LogP contribution in [0.1, 0.15) is 0 Å². The maximum atomic E-state index is 6.45.